The maximum absolute atomic E-state index is 13.7. The topological polar surface area (TPSA) is 92.2 Å². The van der Waals surface area contributed by atoms with Crippen LogP contribution in [-0.4, -0.2) is 60.2 Å². The summed E-state index contributed by atoms with van der Waals surface area (Å²) in [4.78, 5) is 33.4. The molecule has 0 spiro atoms. The Morgan fingerprint density at radius 1 is 1.02 bits per heavy atom. The standard InChI is InChI=1S/C34H41N3O5/c1-3-36(22-24-11-15-35-16-12-24)34(40)30-10-9-28(41-2)20-32(30)37-17-13-25(14-18-37)23-42-29-6-4-5-27(19-29)31(21-33(38)39)26-7-8-26/h4-6,9-12,15-16,19-20,25-26,31H,3,7-8,13-14,17-18,21-23H2,1-2H3,(H,38,39). The molecule has 1 aliphatic heterocycles. The van der Waals surface area contributed by atoms with E-state index in [9.17, 15) is 14.7 Å². The van der Waals surface area contributed by atoms with Gasteiger partial charge in [0.05, 0.1) is 31.4 Å². The number of methoxy groups -OCH3 is 1. The summed E-state index contributed by atoms with van der Waals surface area (Å²) < 4.78 is 11.8. The predicted molar refractivity (Wildman–Crippen MR) is 162 cm³/mol. The van der Waals surface area contributed by atoms with Gasteiger partial charge in [-0.25, -0.2) is 0 Å². The number of aliphatic carboxylic acids is 1. The molecule has 0 radical (unpaired) electrons. The fourth-order valence-electron chi connectivity index (χ4n) is 5.92. The fourth-order valence-corrected chi connectivity index (χ4v) is 5.92. The number of carbonyl (C=O) groups excluding carboxylic acids is 1. The Balaban J connectivity index is 1.22. The molecule has 8 nitrogen and oxygen atoms in total. The second-order valence-electron chi connectivity index (χ2n) is 11.4. The molecule has 2 fully saturated rings. The number of carbonyl (C=O) groups is 2. The lowest BCUT2D eigenvalue weighted by atomic mass is 9.91. The minimum absolute atomic E-state index is 0.00436. The number of hydrogen-bond acceptors (Lipinski definition) is 6. The Labute approximate surface area is 248 Å². The number of piperidine rings is 1. The largest absolute Gasteiger partial charge is 0.497 e. The van der Waals surface area contributed by atoms with Crippen molar-refractivity contribution in [3.63, 3.8) is 0 Å². The van der Waals surface area contributed by atoms with Gasteiger partial charge in [-0.2, -0.15) is 0 Å². The molecule has 8 heteroatoms. The molecule has 222 valence electrons. The summed E-state index contributed by atoms with van der Waals surface area (Å²) in [6, 6.07) is 17.6. The third-order valence-corrected chi connectivity index (χ3v) is 8.54. The van der Waals surface area contributed by atoms with E-state index in [-0.39, 0.29) is 18.2 Å². The van der Waals surface area contributed by atoms with Gasteiger partial charge in [0.2, 0.25) is 0 Å². The minimum Gasteiger partial charge on any atom is -0.497 e. The summed E-state index contributed by atoms with van der Waals surface area (Å²) in [7, 11) is 1.65. The normalized spacial score (nSPS) is 16.1. The average molecular weight is 572 g/mol. The number of benzene rings is 2. The Morgan fingerprint density at radius 3 is 2.45 bits per heavy atom. The van der Waals surface area contributed by atoms with Crippen LogP contribution in [0.25, 0.3) is 0 Å². The van der Waals surface area contributed by atoms with E-state index in [4.69, 9.17) is 9.47 Å². The van der Waals surface area contributed by atoms with Crippen molar-refractivity contribution < 1.29 is 24.2 Å². The monoisotopic (exact) mass is 571 g/mol. The van der Waals surface area contributed by atoms with Crippen LogP contribution in [0.3, 0.4) is 0 Å². The van der Waals surface area contributed by atoms with E-state index in [1.165, 1.54) is 0 Å². The third kappa shape index (κ3) is 7.41. The summed E-state index contributed by atoms with van der Waals surface area (Å²) >= 11 is 0. The highest BCUT2D eigenvalue weighted by molar-refractivity contribution is 6.00. The van der Waals surface area contributed by atoms with Crippen LogP contribution in [0.15, 0.2) is 67.0 Å². The SMILES string of the molecule is CCN(Cc1ccncc1)C(=O)c1ccc(OC)cc1N1CCC(COc2cccc(C(CC(=O)O)C3CC3)c2)CC1. The van der Waals surface area contributed by atoms with E-state index in [1.807, 2.05) is 66.4 Å². The molecule has 5 rings (SSSR count). The maximum Gasteiger partial charge on any atom is 0.303 e. The second-order valence-corrected chi connectivity index (χ2v) is 11.4. The summed E-state index contributed by atoms with van der Waals surface area (Å²) in [5, 5.41) is 9.38. The molecule has 42 heavy (non-hydrogen) atoms. The number of hydrogen-bond donors (Lipinski definition) is 1. The van der Waals surface area contributed by atoms with Crippen LogP contribution in [0.4, 0.5) is 5.69 Å². The van der Waals surface area contributed by atoms with Crippen molar-refractivity contribution in [1.29, 1.82) is 0 Å². The van der Waals surface area contributed by atoms with Crippen molar-refractivity contribution in [1.82, 2.24) is 9.88 Å². The molecule has 1 amide bonds. The van der Waals surface area contributed by atoms with Crippen molar-refractivity contribution in [2.45, 2.75) is 51.5 Å². The van der Waals surface area contributed by atoms with Gasteiger partial charge in [0, 0.05) is 44.6 Å². The van der Waals surface area contributed by atoms with Crippen molar-refractivity contribution >= 4 is 17.6 Å². The Morgan fingerprint density at radius 2 is 1.79 bits per heavy atom. The molecule has 1 atom stereocenters. The van der Waals surface area contributed by atoms with Crippen LogP contribution in [0.2, 0.25) is 0 Å². The molecular weight excluding hydrogens is 530 g/mol. The lowest BCUT2D eigenvalue weighted by Crippen LogP contribution is -2.38. The molecule has 2 aliphatic rings. The number of amides is 1. The molecule has 1 saturated carbocycles. The summed E-state index contributed by atoms with van der Waals surface area (Å²) in [5.41, 5.74) is 3.70. The van der Waals surface area contributed by atoms with Crippen LogP contribution >= 0.6 is 0 Å². The first kappa shape index (κ1) is 29.4. The van der Waals surface area contributed by atoms with Gasteiger partial charge in [0.15, 0.2) is 0 Å². The molecule has 2 aromatic carbocycles. The Bertz CT molecular complexity index is 1350. The zero-order valence-corrected chi connectivity index (χ0v) is 24.6. The zero-order valence-electron chi connectivity index (χ0n) is 24.6. The third-order valence-electron chi connectivity index (χ3n) is 8.54. The smallest absolute Gasteiger partial charge is 0.303 e. The van der Waals surface area contributed by atoms with Crippen molar-refractivity contribution in [2.24, 2.45) is 11.8 Å². The van der Waals surface area contributed by atoms with E-state index < -0.39 is 5.97 Å². The van der Waals surface area contributed by atoms with E-state index in [0.717, 1.165) is 67.1 Å². The van der Waals surface area contributed by atoms with Crippen LogP contribution in [-0.2, 0) is 11.3 Å². The van der Waals surface area contributed by atoms with Gasteiger partial charge in [0.25, 0.3) is 5.91 Å². The number of anilines is 1. The Kier molecular flexibility index (Phi) is 9.62. The highest BCUT2D eigenvalue weighted by Gasteiger charge is 2.34. The Hall–Kier alpha value is -4.07. The molecule has 3 aromatic rings. The molecule has 1 unspecified atom stereocenters. The average Bonchev–Trinajstić information content (AvgIpc) is 3.87. The van der Waals surface area contributed by atoms with E-state index in [1.54, 1.807) is 19.5 Å². The van der Waals surface area contributed by atoms with Gasteiger partial charge < -0.3 is 24.4 Å². The minimum atomic E-state index is -0.748. The van der Waals surface area contributed by atoms with Crippen LogP contribution < -0.4 is 14.4 Å². The van der Waals surface area contributed by atoms with E-state index in [0.29, 0.717) is 37.1 Å². The number of pyridine rings is 1. The number of carboxylic acids is 1. The van der Waals surface area contributed by atoms with Gasteiger partial charge in [-0.05, 0) is 97.9 Å². The van der Waals surface area contributed by atoms with Crippen molar-refractivity contribution in [3.05, 3.63) is 83.7 Å². The van der Waals surface area contributed by atoms with E-state index in [2.05, 4.69) is 9.88 Å². The maximum atomic E-state index is 13.7. The van der Waals surface area contributed by atoms with Crippen LogP contribution in [0.5, 0.6) is 11.5 Å². The molecular formula is C34H41N3O5. The highest BCUT2D eigenvalue weighted by atomic mass is 16.5. The first-order chi connectivity index (χ1) is 20.4. The number of aromatic nitrogens is 1. The number of carboxylic acid groups (broad SMARTS) is 1. The molecule has 1 aromatic heterocycles. The predicted octanol–water partition coefficient (Wildman–Crippen LogP) is 6.02. The van der Waals surface area contributed by atoms with Gasteiger partial charge in [-0.15, -0.1) is 0 Å². The summed E-state index contributed by atoms with van der Waals surface area (Å²) in [5.74, 6) is 1.71. The van der Waals surface area contributed by atoms with Gasteiger partial charge in [-0.3, -0.25) is 14.6 Å². The number of ether oxygens (including phenoxy) is 2. The van der Waals surface area contributed by atoms with E-state index >= 15 is 0 Å². The highest BCUT2D eigenvalue weighted by Crippen LogP contribution is 2.45. The fraction of sp³-hybridized carbons (Fsp3) is 0.441. The lowest BCUT2D eigenvalue weighted by molar-refractivity contribution is -0.137. The van der Waals surface area contributed by atoms with Crippen molar-refractivity contribution in [2.75, 3.05) is 38.3 Å². The second kappa shape index (κ2) is 13.7. The first-order valence-electron chi connectivity index (χ1n) is 15.0. The molecule has 1 N–H and O–H groups in total. The van der Waals surface area contributed by atoms with Crippen LogP contribution in [0.1, 0.15) is 66.4 Å². The molecule has 1 saturated heterocycles. The number of nitrogens with zero attached hydrogens (tertiary/aromatic N) is 3. The van der Waals surface area contributed by atoms with Crippen molar-refractivity contribution in [3.8, 4) is 11.5 Å². The zero-order chi connectivity index (χ0) is 29.5. The summed E-state index contributed by atoms with van der Waals surface area (Å²) in [6.07, 6.45) is 7.77. The molecule has 2 heterocycles. The first-order valence-corrected chi connectivity index (χ1v) is 15.0. The van der Waals surface area contributed by atoms with Gasteiger partial charge in [0.1, 0.15) is 11.5 Å². The molecule has 0 bridgehead atoms. The quantitative estimate of drug-likeness (QED) is 0.268. The number of rotatable bonds is 13. The lowest BCUT2D eigenvalue weighted by Gasteiger charge is -2.35. The summed E-state index contributed by atoms with van der Waals surface area (Å²) in [6.45, 7) is 5.39. The van der Waals surface area contributed by atoms with Crippen LogP contribution in [0, 0.1) is 11.8 Å². The van der Waals surface area contributed by atoms with Gasteiger partial charge >= 0.3 is 5.97 Å². The molecule has 1 aliphatic carbocycles. The van der Waals surface area contributed by atoms with Gasteiger partial charge in [-0.1, -0.05) is 12.1 Å².